The van der Waals surface area contributed by atoms with Crippen molar-refractivity contribution in [2.75, 3.05) is 6.61 Å². The zero-order valence-corrected chi connectivity index (χ0v) is 12.2. The Morgan fingerprint density at radius 1 is 1.44 bits per heavy atom. The Labute approximate surface area is 118 Å². The van der Waals surface area contributed by atoms with Crippen LogP contribution in [0.4, 0.5) is 0 Å². The zero-order chi connectivity index (χ0) is 13.1. The number of carbonyl (C=O) groups excluding carboxylic acids is 1. The summed E-state index contributed by atoms with van der Waals surface area (Å²) in [6.07, 6.45) is 0. The second-order valence-electron chi connectivity index (χ2n) is 3.63. The van der Waals surface area contributed by atoms with Crippen molar-refractivity contribution in [1.82, 2.24) is 4.98 Å². The number of oxazole rings is 1. The number of esters is 1. The second-order valence-corrected chi connectivity index (χ2v) is 4.80. The van der Waals surface area contributed by atoms with E-state index in [0.717, 1.165) is 9.13 Å². The third kappa shape index (κ3) is 2.55. The highest BCUT2D eigenvalue weighted by Gasteiger charge is 2.20. The van der Waals surface area contributed by atoms with Crippen LogP contribution in [0.5, 0.6) is 0 Å². The van der Waals surface area contributed by atoms with Crippen molar-refractivity contribution in [3.05, 3.63) is 39.3 Å². The van der Waals surface area contributed by atoms with Crippen LogP contribution in [0.15, 0.2) is 28.7 Å². The summed E-state index contributed by atoms with van der Waals surface area (Å²) in [5, 5.41) is 0. The molecular formula is C13H12INO3. The highest BCUT2D eigenvalue weighted by molar-refractivity contribution is 14.1. The van der Waals surface area contributed by atoms with Gasteiger partial charge in [-0.3, -0.25) is 0 Å². The SMILES string of the molecule is CCOC(=O)c1oc(-c2ccccc2I)nc1C. The van der Waals surface area contributed by atoms with Crippen LogP contribution in [-0.2, 0) is 4.74 Å². The molecule has 4 nitrogen and oxygen atoms in total. The van der Waals surface area contributed by atoms with Crippen molar-refractivity contribution in [3.8, 4) is 11.5 Å². The van der Waals surface area contributed by atoms with Gasteiger partial charge >= 0.3 is 5.97 Å². The molecule has 94 valence electrons. The molecule has 0 atom stereocenters. The summed E-state index contributed by atoms with van der Waals surface area (Å²) < 4.78 is 11.4. The Balaban J connectivity index is 2.41. The fourth-order valence-electron chi connectivity index (χ4n) is 1.53. The van der Waals surface area contributed by atoms with Gasteiger partial charge in [0.25, 0.3) is 0 Å². The molecule has 1 aromatic carbocycles. The fraction of sp³-hybridized carbons (Fsp3) is 0.231. The summed E-state index contributed by atoms with van der Waals surface area (Å²) in [5.41, 5.74) is 1.42. The van der Waals surface area contributed by atoms with Crippen LogP contribution in [0, 0.1) is 10.5 Å². The van der Waals surface area contributed by atoms with E-state index in [0.29, 0.717) is 18.2 Å². The highest BCUT2D eigenvalue weighted by Crippen LogP contribution is 2.26. The van der Waals surface area contributed by atoms with E-state index in [4.69, 9.17) is 9.15 Å². The first kappa shape index (κ1) is 13.1. The zero-order valence-electron chi connectivity index (χ0n) is 10.1. The summed E-state index contributed by atoms with van der Waals surface area (Å²) in [6.45, 7) is 3.80. The van der Waals surface area contributed by atoms with E-state index in [1.54, 1.807) is 13.8 Å². The van der Waals surface area contributed by atoms with Crippen molar-refractivity contribution in [2.45, 2.75) is 13.8 Å². The fourth-order valence-corrected chi connectivity index (χ4v) is 2.15. The Hall–Kier alpha value is -1.37. The second kappa shape index (κ2) is 5.51. The Bertz CT molecular complexity index is 577. The number of carbonyl (C=O) groups is 1. The highest BCUT2D eigenvalue weighted by atomic mass is 127. The van der Waals surface area contributed by atoms with E-state index in [2.05, 4.69) is 27.6 Å². The molecule has 5 heteroatoms. The lowest BCUT2D eigenvalue weighted by Crippen LogP contribution is -2.04. The van der Waals surface area contributed by atoms with Crippen LogP contribution in [0.1, 0.15) is 23.2 Å². The van der Waals surface area contributed by atoms with Crippen LogP contribution in [-0.4, -0.2) is 17.6 Å². The van der Waals surface area contributed by atoms with Gasteiger partial charge in [0.05, 0.1) is 17.9 Å². The molecule has 0 saturated heterocycles. The molecule has 0 N–H and O–H groups in total. The smallest absolute Gasteiger partial charge is 0.376 e. The number of halogens is 1. The average Bonchev–Trinajstić information content (AvgIpc) is 2.72. The first-order valence-electron chi connectivity index (χ1n) is 5.53. The minimum atomic E-state index is -0.473. The number of aryl methyl sites for hydroxylation is 1. The van der Waals surface area contributed by atoms with Gasteiger partial charge in [-0.1, -0.05) is 12.1 Å². The number of rotatable bonds is 3. The van der Waals surface area contributed by atoms with Crippen molar-refractivity contribution < 1.29 is 13.9 Å². The minimum absolute atomic E-state index is 0.173. The maximum Gasteiger partial charge on any atom is 0.376 e. The Morgan fingerprint density at radius 2 is 2.17 bits per heavy atom. The van der Waals surface area contributed by atoms with E-state index < -0.39 is 5.97 Å². The monoisotopic (exact) mass is 357 g/mol. The molecule has 0 aliphatic heterocycles. The lowest BCUT2D eigenvalue weighted by molar-refractivity contribution is 0.0490. The Morgan fingerprint density at radius 3 is 2.83 bits per heavy atom. The van der Waals surface area contributed by atoms with E-state index in [1.165, 1.54) is 0 Å². The number of aromatic nitrogens is 1. The molecule has 0 bridgehead atoms. The van der Waals surface area contributed by atoms with Gasteiger partial charge in [0.2, 0.25) is 11.7 Å². The van der Waals surface area contributed by atoms with Crippen molar-refractivity contribution >= 4 is 28.6 Å². The van der Waals surface area contributed by atoms with Crippen molar-refractivity contribution in [2.24, 2.45) is 0 Å². The van der Waals surface area contributed by atoms with Gasteiger partial charge in [0.15, 0.2) is 0 Å². The molecule has 1 aromatic heterocycles. The van der Waals surface area contributed by atoms with Gasteiger partial charge in [-0.05, 0) is 48.6 Å². The van der Waals surface area contributed by atoms with Gasteiger partial charge < -0.3 is 9.15 Å². The van der Waals surface area contributed by atoms with Gasteiger partial charge in [-0.25, -0.2) is 9.78 Å². The van der Waals surface area contributed by atoms with Gasteiger partial charge in [-0.15, -0.1) is 0 Å². The maximum absolute atomic E-state index is 11.6. The van der Waals surface area contributed by atoms with E-state index in [9.17, 15) is 4.79 Å². The summed E-state index contributed by atoms with van der Waals surface area (Å²) in [4.78, 5) is 15.9. The minimum Gasteiger partial charge on any atom is -0.460 e. The summed E-state index contributed by atoms with van der Waals surface area (Å²) in [6, 6.07) is 7.70. The molecule has 0 amide bonds. The molecule has 0 fully saturated rings. The largest absolute Gasteiger partial charge is 0.460 e. The van der Waals surface area contributed by atoms with Crippen molar-refractivity contribution in [1.29, 1.82) is 0 Å². The first-order chi connectivity index (χ1) is 8.63. The molecule has 0 unspecified atom stereocenters. The predicted molar refractivity (Wildman–Crippen MR) is 75.3 cm³/mol. The van der Waals surface area contributed by atoms with Crippen LogP contribution >= 0.6 is 22.6 Å². The molecule has 2 aromatic rings. The molecule has 1 heterocycles. The molecule has 0 saturated carbocycles. The third-order valence-corrected chi connectivity index (χ3v) is 3.30. The lowest BCUT2D eigenvalue weighted by Gasteiger charge is -1.99. The number of ether oxygens (including phenoxy) is 1. The summed E-state index contributed by atoms with van der Waals surface area (Å²) in [7, 11) is 0. The average molecular weight is 357 g/mol. The standard InChI is InChI=1S/C13H12INO3/c1-3-17-13(16)11-8(2)15-12(18-11)9-6-4-5-7-10(9)14/h4-7H,3H2,1-2H3. The van der Waals surface area contributed by atoms with E-state index in [1.807, 2.05) is 24.3 Å². The van der Waals surface area contributed by atoms with Crippen LogP contribution in [0.25, 0.3) is 11.5 Å². The van der Waals surface area contributed by atoms with Gasteiger partial charge in [-0.2, -0.15) is 0 Å². The van der Waals surface area contributed by atoms with E-state index >= 15 is 0 Å². The molecule has 0 radical (unpaired) electrons. The van der Waals surface area contributed by atoms with Crippen LogP contribution in [0.2, 0.25) is 0 Å². The quantitative estimate of drug-likeness (QED) is 0.624. The normalized spacial score (nSPS) is 10.4. The molecule has 18 heavy (non-hydrogen) atoms. The van der Waals surface area contributed by atoms with Crippen molar-refractivity contribution in [3.63, 3.8) is 0 Å². The topological polar surface area (TPSA) is 52.3 Å². The summed E-state index contributed by atoms with van der Waals surface area (Å²) >= 11 is 2.20. The number of nitrogens with zero attached hydrogens (tertiary/aromatic N) is 1. The summed E-state index contributed by atoms with van der Waals surface area (Å²) in [5.74, 6) is 0.145. The number of benzene rings is 1. The van der Waals surface area contributed by atoms with Crippen LogP contribution < -0.4 is 0 Å². The van der Waals surface area contributed by atoms with Gasteiger partial charge in [0, 0.05) is 3.57 Å². The predicted octanol–water partition coefficient (Wildman–Crippen LogP) is 3.43. The van der Waals surface area contributed by atoms with E-state index in [-0.39, 0.29) is 5.76 Å². The molecule has 2 rings (SSSR count). The molecule has 0 spiro atoms. The lowest BCUT2D eigenvalue weighted by atomic mass is 10.2. The number of hydrogen-bond donors (Lipinski definition) is 0. The van der Waals surface area contributed by atoms with Crippen LogP contribution in [0.3, 0.4) is 0 Å². The number of hydrogen-bond acceptors (Lipinski definition) is 4. The third-order valence-electron chi connectivity index (χ3n) is 2.36. The van der Waals surface area contributed by atoms with Gasteiger partial charge in [0.1, 0.15) is 0 Å². The molecule has 0 aliphatic rings. The molecule has 0 aliphatic carbocycles. The Kier molecular flexibility index (Phi) is 4.00. The maximum atomic E-state index is 11.6. The first-order valence-corrected chi connectivity index (χ1v) is 6.60. The molecular weight excluding hydrogens is 345 g/mol.